The number of halogens is 1. The Morgan fingerprint density at radius 1 is 0.949 bits per heavy atom. The lowest BCUT2D eigenvalue weighted by molar-refractivity contribution is 0.102. The summed E-state index contributed by atoms with van der Waals surface area (Å²) in [5.74, 6) is -0.253. The van der Waals surface area contributed by atoms with E-state index in [1.165, 1.54) is 22.6 Å². The van der Waals surface area contributed by atoms with Crippen LogP contribution in [-0.2, 0) is 23.0 Å². The maximum absolute atomic E-state index is 13.3. The average molecular weight is 597 g/mol. The van der Waals surface area contributed by atoms with Gasteiger partial charge in [0.05, 0.1) is 15.1 Å². The van der Waals surface area contributed by atoms with E-state index in [0.717, 1.165) is 45.3 Å². The van der Waals surface area contributed by atoms with Crippen LogP contribution in [-0.4, -0.2) is 37.8 Å². The van der Waals surface area contributed by atoms with Gasteiger partial charge in [0.2, 0.25) is 0 Å². The van der Waals surface area contributed by atoms with Gasteiger partial charge in [-0.1, -0.05) is 30.3 Å². The van der Waals surface area contributed by atoms with Gasteiger partial charge in [0.25, 0.3) is 15.9 Å². The molecule has 1 aliphatic rings. The number of nitrogens with one attached hydrogen (secondary N) is 2. The highest BCUT2D eigenvalue weighted by atomic mass is 35.5. The number of anilines is 2. The number of amides is 1. The topological polar surface area (TPSA) is 91.4 Å². The van der Waals surface area contributed by atoms with Gasteiger partial charge in [-0.3, -0.25) is 9.52 Å². The number of rotatable bonds is 6. The fourth-order valence-corrected chi connectivity index (χ4v) is 8.02. The Labute approximate surface area is 241 Å². The summed E-state index contributed by atoms with van der Waals surface area (Å²) in [5, 5.41) is 4.83. The van der Waals surface area contributed by atoms with E-state index in [1.807, 2.05) is 18.2 Å². The van der Waals surface area contributed by atoms with Crippen LogP contribution in [0.3, 0.4) is 0 Å². The molecule has 0 fully saturated rings. The number of thiophene rings is 1. The number of carbonyl (C=O) groups is 1. The third-order valence-corrected chi connectivity index (χ3v) is 10.0. The average Bonchev–Trinajstić information content (AvgIpc) is 3.49. The lowest BCUT2D eigenvalue weighted by Gasteiger charge is -2.22. The molecular formula is C28H25ClN4O3S3. The number of thiazole rings is 1. The molecule has 11 heteroatoms. The Kier molecular flexibility index (Phi) is 7.75. The number of hydrogen-bond donors (Lipinski definition) is 2. The Morgan fingerprint density at radius 3 is 2.41 bits per heavy atom. The van der Waals surface area contributed by atoms with E-state index < -0.39 is 10.0 Å². The zero-order valence-electron chi connectivity index (χ0n) is 20.9. The number of sulfonamides is 1. The SMILES string of the molecule is CN1CCc2c(sc(NC(=O)c3ccc(NS(=O)(=O)c4ccccc4)cc3)c2-c2nc3ccccc3s2)C1.Cl. The van der Waals surface area contributed by atoms with Crippen molar-refractivity contribution in [3.63, 3.8) is 0 Å². The number of aromatic nitrogens is 1. The molecule has 0 spiro atoms. The van der Waals surface area contributed by atoms with Crippen LogP contribution < -0.4 is 10.0 Å². The number of fused-ring (bicyclic) bond motifs is 2. The van der Waals surface area contributed by atoms with Crippen LogP contribution in [0.25, 0.3) is 20.8 Å². The summed E-state index contributed by atoms with van der Waals surface area (Å²) < 4.78 is 28.9. The molecule has 0 atom stereocenters. The van der Waals surface area contributed by atoms with Gasteiger partial charge in [-0.2, -0.15) is 0 Å². The van der Waals surface area contributed by atoms with E-state index in [2.05, 4.69) is 28.1 Å². The lowest BCUT2D eigenvalue weighted by Crippen LogP contribution is -2.25. The van der Waals surface area contributed by atoms with Crippen molar-refractivity contribution in [2.24, 2.45) is 0 Å². The van der Waals surface area contributed by atoms with Gasteiger partial charge in [0.15, 0.2) is 0 Å². The molecule has 3 heterocycles. The fourth-order valence-electron chi connectivity index (χ4n) is 4.50. The van der Waals surface area contributed by atoms with Gasteiger partial charge in [-0.05, 0) is 67.6 Å². The predicted molar refractivity (Wildman–Crippen MR) is 162 cm³/mol. The van der Waals surface area contributed by atoms with Crippen LogP contribution >= 0.6 is 35.1 Å². The zero-order chi connectivity index (χ0) is 26.3. The van der Waals surface area contributed by atoms with Gasteiger partial charge < -0.3 is 10.2 Å². The van der Waals surface area contributed by atoms with Gasteiger partial charge in [-0.15, -0.1) is 35.1 Å². The van der Waals surface area contributed by atoms with Crippen molar-refractivity contribution in [3.05, 3.63) is 94.9 Å². The molecule has 5 aromatic rings. The molecule has 2 aromatic heterocycles. The van der Waals surface area contributed by atoms with E-state index >= 15 is 0 Å². The van der Waals surface area contributed by atoms with Crippen molar-refractivity contribution < 1.29 is 13.2 Å². The maximum Gasteiger partial charge on any atom is 0.261 e. The summed E-state index contributed by atoms with van der Waals surface area (Å²) in [6, 6.07) is 22.7. The van der Waals surface area contributed by atoms with Crippen LogP contribution in [0, 0.1) is 0 Å². The summed E-state index contributed by atoms with van der Waals surface area (Å²) in [4.78, 5) is 21.9. The highest BCUT2D eigenvalue weighted by molar-refractivity contribution is 7.92. The van der Waals surface area contributed by atoms with Crippen LogP contribution in [0.5, 0.6) is 0 Å². The monoisotopic (exact) mass is 596 g/mol. The van der Waals surface area contributed by atoms with E-state index in [1.54, 1.807) is 65.1 Å². The second-order valence-electron chi connectivity index (χ2n) is 9.13. The van der Waals surface area contributed by atoms with Gasteiger partial charge >= 0.3 is 0 Å². The first kappa shape index (κ1) is 27.3. The molecule has 2 N–H and O–H groups in total. The van der Waals surface area contributed by atoms with E-state index in [-0.39, 0.29) is 23.2 Å². The van der Waals surface area contributed by atoms with Gasteiger partial charge in [0, 0.05) is 34.8 Å². The Bertz CT molecular complexity index is 1720. The molecule has 39 heavy (non-hydrogen) atoms. The number of benzene rings is 3. The quantitative estimate of drug-likeness (QED) is 0.234. The first-order valence-electron chi connectivity index (χ1n) is 12.1. The van der Waals surface area contributed by atoms with E-state index in [0.29, 0.717) is 11.3 Å². The van der Waals surface area contributed by atoms with Crippen molar-refractivity contribution in [3.8, 4) is 10.6 Å². The second-order valence-corrected chi connectivity index (χ2v) is 13.0. The molecular weight excluding hydrogens is 572 g/mol. The third-order valence-electron chi connectivity index (χ3n) is 6.44. The minimum atomic E-state index is -3.71. The summed E-state index contributed by atoms with van der Waals surface area (Å²) in [6.07, 6.45) is 0.902. The molecule has 0 bridgehead atoms. The zero-order valence-corrected chi connectivity index (χ0v) is 24.1. The van der Waals surface area contributed by atoms with Crippen LogP contribution in [0.15, 0.2) is 83.8 Å². The summed E-state index contributed by atoms with van der Waals surface area (Å²) in [7, 11) is -1.60. The summed E-state index contributed by atoms with van der Waals surface area (Å²) >= 11 is 3.24. The molecule has 1 aliphatic heterocycles. The van der Waals surface area contributed by atoms with Crippen LogP contribution in [0.4, 0.5) is 10.7 Å². The summed E-state index contributed by atoms with van der Waals surface area (Å²) in [6.45, 7) is 1.79. The van der Waals surface area contributed by atoms with Crippen LogP contribution in [0.2, 0.25) is 0 Å². The van der Waals surface area contributed by atoms with Crippen molar-refractivity contribution in [2.45, 2.75) is 17.9 Å². The van der Waals surface area contributed by atoms with E-state index in [4.69, 9.17) is 4.98 Å². The number of nitrogens with zero attached hydrogens (tertiary/aromatic N) is 2. The lowest BCUT2D eigenvalue weighted by atomic mass is 10.0. The standard InChI is InChI=1S/C28H24N4O3S3.ClH/c1-32-16-15-21-24(17-32)37-28(25(21)27-29-22-9-5-6-10-23(22)36-27)30-26(33)18-11-13-19(14-12-18)31-38(34,35)20-7-3-2-4-8-20;/h2-14,31H,15-17H2,1H3,(H,30,33);1H. The number of carbonyl (C=O) groups excluding carboxylic acids is 1. The van der Waals surface area contributed by atoms with Crippen molar-refractivity contribution in [1.29, 1.82) is 0 Å². The Hall–Kier alpha value is -3.28. The highest BCUT2D eigenvalue weighted by Gasteiger charge is 2.27. The number of para-hydroxylation sites is 1. The molecule has 0 unspecified atom stereocenters. The fraction of sp³-hybridized carbons (Fsp3) is 0.143. The molecule has 0 radical (unpaired) electrons. The van der Waals surface area contributed by atoms with Crippen molar-refractivity contribution >= 4 is 71.9 Å². The van der Waals surface area contributed by atoms with Gasteiger partial charge in [-0.25, -0.2) is 13.4 Å². The van der Waals surface area contributed by atoms with Crippen LogP contribution in [0.1, 0.15) is 20.8 Å². The molecule has 3 aromatic carbocycles. The molecule has 0 aliphatic carbocycles. The molecule has 200 valence electrons. The highest BCUT2D eigenvalue weighted by Crippen LogP contribution is 2.45. The smallest absolute Gasteiger partial charge is 0.261 e. The second kappa shape index (κ2) is 11.1. The van der Waals surface area contributed by atoms with E-state index in [9.17, 15) is 13.2 Å². The largest absolute Gasteiger partial charge is 0.313 e. The minimum Gasteiger partial charge on any atom is -0.313 e. The normalized spacial score (nSPS) is 13.5. The molecule has 0 saturated carbocycles. The predicted octanol–water partition coefficient (Wildman–Crippen LogP) is 6.49. The Morgan fingerprint density at radius 2 is 1.67 bits per heavy atom. The van der Waals surface area contributed by atoms with Gasteiger partial charge in [0.1, 0.15) is 10.0 Å². The molecule has 6 rings (SSSR count). The minimum absolute atomic E-state index is 0. The van der Waals surface area contributed by atoms with Crippen molar-refractivity contribution in [1.82, 2.24) is 9.88 Å². The van der Waals surface area contributed by atoms with Crippen molar-refractivity contribution in [2.75, 3.05) is 23.6 Å². The number of hydrogen-bond acceptors (Lipinski definition) is 7. The maximum atomic E-state index is 13.3. The first-order valence-corrected chi connectivity index (χ1v) is 15.2. The summed E-state index contributed by atoms with van der Waals surface area (Å²) in [5.41, 5.74) is 4.04. The third kappa shape index (κ3) is 5.57. The Balaban J connectivity index is 0.00000308. The molecule has 1 amide bonds. The first-order chi connectivity index (χ1) is 18.4. The molecule has 7 nitrogen and oxygen atoms in total. The number of likely N-dealkylation sites (N-methyl/N-ethyl adjacent to an activating group) is 1. The molecule has 0 saturated heterocycles.